The topological polar surface area (TPSA) is 131 Å². The summed E-state index contributed by atoms with van der Waals surface area (Å²) in [5, 5.41) is 12.3. The van der Waals surface area contributed by atoms with Gasteiger partial charge in [0, 0.05) is 12.6 Å². The molecule has 0 aliphatic carbocycles. The second-order valence-electron chi connectivity index (χ2n) is 10.3. The Labute approximate surface area is 241 Å². The summed E-state index contributed by atoms with van der Waals surface area (Å²) >= 11 is 0. The van der Waals surface area contributed by atoms with Crippen molar-refractivity contribution < 1.29 is 46.9 Å². The van der Waals surface area contributed by atoms with Crippen LogP contribution in [0.5, 0.6) is 0 Å². The van der Waals surface area contributed by atoms with Crippen molar-refractivity contribution in [2.24, 2.45) is 11.8 Å². The van der Waals surface area contributed by atoms with Crippen molar-refractivity contribution in [2.75, 3.05) is 6.16 Å². The van der Waals surface area contributed by atoms with Crippen molar-refractivity contribution in [3.05, 3.63) is 96.1 Å². The molecule has 4 atom stereocenters. The van der Waals surface area contributed by atoms with E-state index >= 15 is 0 Å². The molecule has 0 saturated heterocycles. The van der Waals surface area contributed by atoms with E-state index in [0.29, 0.717) is 6.42 Å². The van der Waals surface area contributed by atoms with Gasteiger partial charge in [0.2, 0.25) is 5.91 Å². The van der Waals surface area contributed by atoms with Crippen LogP contribution in [-0.2, 0) is 27.0 Å². The van der Waals surface area contributed by atoms with Crippen molar-refractivity contribution in [1.29, 1.82) is 0 Å². The number of carboxylic acid groups (broad SMARTS) is 1. The molecule has 7 nitrogen and oxygen atoms in total. The number of hydrogen-bond donors (Lipinski definition) is 4. The lowest BCUT2D eigenvalue weighted by molar-refractivity contribution is -0.391. The number of carbonyl (C=O) groups excluding carboxylic acids is 1. The van der Waals surface area contributed by atoms with Crippen LogP contribution in [0.25, 0.3) is 11.1 Å². The molecule has 0 fully saturated rings. The monoisotopic (exact) mass is 616 g/mol. The standard InChI is InChI=1S/C30H37N2O5P.BrH/c1-21(2)17-27(30(34)35)32-29(33)26(20-38(36,37)28(31)19-22-9-5-3-6-10-22)18-23-13-15-25(16-14-23)24-11-7-4-8-12-24;/h3-16,21,26-28H,17-20,31H2,1-2H3,(H,32,33)(H,34,35)(H,36,37);1H/t26-,27+,28-;/m1./s1. The fourth-order valence-electron chi connectivity index (χ4n) is 4.46. The highest BCUT2D eigenvalue weighted by Crippen LogP contribution is 2.46. The van der Waals surface area contributed by atoms with E-state index in [-0.39, 0.29) is 41.9 Å². The van der Waals surface area contributed by atoms with Gasteiger partial charge in [-0.1, -0.05) is 98.8 Å². The summed E-state index contributed by atoms with van der Waals surface area (Å²) in [6.07, 6.45) is 0.494. The average Bonchev–Trinajstić information content (AvgIpc) is 2.89. The lowest BCUT2D eigenvalue weighted by Crippen LogP contribution is -3.00. The predicted octanol–water partition coefficient (Wildman–Crippen LogP) is 1.21. The van der Waals surface area contributed by atoms with Gasteiger partial charge in [0.1, 0.15) is 6.04 Å². The zero-order valence-corrected chi connectivity index (χ0v) is 24.9. The van der Waals surface area contributed by atoms with Crippen LogP contribution < -0.4 is 28.0 Å². The first kappa shape index (κ1) is 32.4. The number of carboxylic acids is 1. The van der Waals surface area contributed by atoms with Crippen LogP contribution in [0.3, 0.4) is 0 Å². The summed E-state index contributed by atoms with van der Waals surface area (Å²) < 4.78 is 13.5. The SMILES string of the molecule is CC(C)C[C@H](NC(=O)[C@H](Cc1ccc(-c2ccccc2)cc1)CP(=O)(O)[C@@H]([NH3+])Cc1ccccc1)C(=O)O.[Br-]. The van der Waals surface area contributed by atoms with Crippen LogP contribution in [0.4, 0.5) is 0 Å². The Morgan fingerprint density at radius 3 is 1.90 bits per heavy atom. The maximum atomic E-state index is 13.5. The van der Waals surface area contributed by atoms with Crippen molar-refractivity contribution in [1.82, 2.24) is 5.32 Å². The van der Waals surface area contributed by atoms with Gasteiger partial charge in [0.05, 0.1) is 5.92 Å². The third kappa shape index (κ3) is 10.0. The minimum absolute atomic E-state index is 0. The summed E-state index contributed by atoms with van der Waals surface area (Å²) in [6, 6.07) is 25.9. The molecule has 0 spiro atoms. The van der Waals surface area contributed by atoms with E-state index in [0.717, 1.165) is 22.3 Å². The molecule has 0 saturated carbocycles. The fraction of sp³-hybridized carbons (Fsp3) is 0.333. The van der Waals surface area contributed by atoms with E-state index in [2.05, 4.69) is 11.1 Å². The summed E-state index contributed by atoms with van der Waals surface area (Å²) in [7, 11) is -3.87. The molecule has 0 bridgehead atoms. The Balaban J connectivity index is 0.00000533. The zero-order chi connectivity index (χ0) is 27.7. The number of amides is 1. The largest absolute Gasteiger partial charge is 1.00 e. The number of quaternary nitrogens is 1. The average molecular weight is 618 g/mol. The maximum absolute atomic E-state index is 13.5. The van der Waals surface area contributed by atoms with E-state index in [9.17, 15) is 24.2 Å². The van der Waals surface area contributed by atoms with Crippen molar-refractivity contribution in [3.63, 3.8) is 0 Å². The highest BCUT2D eigenvalue weighted by atomic mass is 79.9. The number of halogens is 1. The molecule has 1 amide bonds. The molecule has 1 unspecified atom stereocenters. The van der Waals surface area contributed by atoms with Gasteiger partial charge in [0.15, 0.2) is 5.78 Å². The highest BCUT2D eigenvalue weighted by molar-refractivity contribution is 7.58. The molecular weight excluding hydrogens is 579 g/mol. The van der Waals surface area contributed by atoms with Gasteiger partial charge < -0.3 is 38.0 Å². The summed E-state index contributed by atoms with van der Waals surface area (Å²) in [5.41, 5.74) is 7.76. The lowest BCUT2D eigenvalue weighted by atomic mass is 9.96. The Hall–Kier alpha value is -2.77. The van der Waals surface area contributed by atoms with E-state index in [1.807, 2.05) is 98.8 Å². The Morgan fingerprint density at radius 2 is 1.36 bits per heavy atom. The highest BCUT2D eigenvalue weighted by Gasteiger charge is 2.37. The van der Waals surface area contributed by atoms with Crippen LogP contribution in [0.2, 0.25) is 0 Å². The zero-order valence-electron chi connectivity index (χ0n) is 22.4. The van der Waals surface area contributed by atoms with Gasteiger partial charge in [-0.2, -0.15) is 0 Å². The molecule has 6 N–H and O–H groups in total. The number of rotatable bonds is 13. The van der Waals surface area contributed by atoms with E-state index < -0.39 is 37.0 Å². The van der Waals surface area contributed by atoms with E-state index in [1.165, 1.54) is 0 Å². The molecule has 210 valence electrons. The van der Waals surface area contributed by atoms with Crippen molar-refractivity contribution in [2.45, 2.75) is 44.9 Å². The number of nitrogens with one attached hydrogen (secondary N) is 1. The van der Waals surface area contributed by atoms with Gasteiger partial charge in [-0.3, -0.25) is 9.36 Å². The van der Waals surface area contributed by atoms with Crippen molar-refractivity contribution in [3.8, 4) is 11.1 Å². The third-order valence-corrected chi connectivity index (χ3v) is 8.89. The van der Waals surface area contributed by atoms with Crippen molar-refractivity contribution >= 4 is 19.2 Å². The van der Waals surface area contributed by atoms with Gasteiger partial charge >= 0.3 is 5.97 Å². The first-order valence-electron chi connectivity index (χ1n) is 12.9. The maximum Gasteiger partial charge on any atom is 0.326 e. The number of hydrogen-bond acceptors (Lipinski definition) is 3. The Bertz CT molecular complexity index is 1240. The first-order chi connectivity index (χ1) is 18.0. The number of carbonyl (C=O) groups is 2. The Morgan fingerprint density at radius 1 is 0.846 bits per heavy atom. The molecule has 0 aromatic heterocycles. The Kier molecular flexibility index (Phi) is 12.6. The molecule has 0 aliphatic heterocycles. The molecule has 0 heterocycles. The fourth-order valence-corrected chi connectivity index (χ4v) is 6.19. The summed E-state index contributed by atoms with van der Waals surface area (Å²) in [4.78, 5) is 36.2. The van der Waals surface area contributed by atoms with Crippen LogP contribution >= 0.6 is 7.37 Å². The second kappa shape index (κ2) is 15.1. The molecule has 9 heteroatoms. The molecule has 0 aliphatic rings. The van der Waals surface area contributed by atoms with Gasteiger partial charge in [-0.05, 0) is 41.0 Å². The molecule has 3 rings (SSSR count). The van der Waals surface area contributed by atoms with E-state index in [1.54, 1.807) is 0 Å². The molecule has 0 radical (unpaired) electrons. The first-order valence-corrected chi connectivity index (χ1v) is 14.8. The van der Waals surface area contributed by atoms with Crippen LogP contribution in [-0.4, -0.2) is 39.9 Å². The van der Waals surface area contributed by atoms with Gasteiger partial charge in [-0.25, -0.2) is 4.79 Å². The van der Waals surface area contributed by atoms with Crippen LogP contribution in [0.15, 0.2) is 84.9 Å². The lowest BCUT2D eigenvalue weighted by Gasteiger charge is -2.25. The minimum atomic E-state index is -3.87. The summed E-state index contributed by atoms with van der Waals surface area (Å²) in [6.45, 7) is 3.76. The number of aliphatic carboxylic acids is 1. The normalized spacial score (nSPS) is 14.9. The third-order valence-electron chi connectivity index (χ3n) is 6.60. The molecule has 3 aromatic carbocycles. The molecule has 3 aromatic rings. The van der Waals surface area contributed by atoms with Gasteiger partial charge in [-0.15, -0.1) is 0 Å². The molecular formula is C30H38BrN2O5P. The van der Waals surface area contributed by atoms with Crippen LogP contribution in [0.1, 0.15) is 31.4 Å². The van der Waals surface area contributed by atoms with Gasteiger partial charge in [0.25, 0.3) is 7.37 Å². The second-order valence-corrected chi connectivity index (χ2v) is 12.9. The molecule has 39 heavy (non-hydrogen) atoms. The minimum Gasteiger partial charge on any atom is -1.00 e. The van der Waals surface area contributed by atoms with Crippen LogP contribution in [0, 0.1) is 11.8 Å². The van der Waals surface area contributed by atoms with E-state index in [4.69, 9.17) is 0 Å². The predicted molar refractivity (Wildman–Crippen MR) is 150 cm³/mol. The number of benzene rings is 3. The smallest absolute Gasteiger partial charge is 0.326 e. The quantitative estimate of drug-likeness (QED) is 0.214. The summed E-state index contributed by atoms with van der Waals surface area (Å²) in [5.74, 6) is -3.29.